The molecule has 1 aromatic carbocycles. The van der Waals surface area contributed by atoms with Crippen molar-refractivity contribution in [2.24, 2.45) is 0 Å². The third-order valence-corrected chi connectivity index (χ3v) is 3.61. The summed E-state index contributed by atoms with van der Waals surface area (Å²) in [6.45, 7) is 5.73. The zero-order chi connectivity index (χ0) is 13.4. The highest BCUT2D eigenvalue weighted by molar-refractivity contribution is 5.68. The molecule has 4 heteroatoms. The monoisotopic (exact) mass is 255 g/mol. The SMILES string of the molecule is C=C(O)c1cnn2c1NC(c1ccccc1)CC2C. The number of fused-ring (bicyclic) bond motifs is 1. The molecule has 0 saturated carbocycles. The second-order valence-corrected chi connectivity index (χ2v) is 4.99. The van der Waals surface area contributed by atoms with Crippen molar-refractivity contribution in [1.29, 1.82) is 0 Å². The summed E-state index contributed by atoms with van der Waals surface area (Å²) in [5.74, 6) is 0.898. The molecule has 2 heterocycles. The quantitative estimate of drug-likeness (QED) is 0.807. The zero-order valence-electron chi connectivity index (χ0n) is 10.9. The van der Waals surface area contributed by atoms with Crippen LogP contribution in [-0.2, 0) is 0 Å². The van der Waals surface area contributed by atoms with Crippen LogP contribution in [0.2, 0.25) is 0 Å². The van der Waals surface area contributed by atoms with Gasteiger partial charge in [0.2, 0.25) is 0 Å². The second-order valence-electron chi connectivity index (χ2n) is 4.99. The molecule has 0 fully saturated rings. The molecule has 0 saturated heterocycles. The summed E-state index contributed by atoms with van der Waals surface area (Å²) in [4.78, 5) is 0. The molecule has 1 aromatic heterocycles. The molecule has 3 rings (SSSR count). The molecule has 2 unspecified atom stereocenters. The van der Waals surface area contributed by atoms with E-state index in [2.05, 4.69) is 36.1 Å². The first-order chi connectivity index (χ1) is 9.16. The van der Waals surface area contributed by atoms with E-state index in [1.165, 1.54) is 5.56 Å². The molecule has 0 bridgehead atoms. The number of benzene rings is 1. The van der Waals surface area contributed by atoms with Crippen molar-refractivity contribution in [2.75, 3.05) is 5.32 Å². The molecule has 0 aliphatic carbocycles. The maximum absolute atomic E-state index is 9.62. The smallest absolute Gasteiger partial charge is 0.136 e. The summed E-state index contributed by atoms with van der Waals surface area (Å²) in [5, 5.41) is 17.4. The van der Waals surface area contributed by atoms with Crippen LogP contribution in [0.25, 0.3) is 5.76 Å². The number of aromatic nitrogens is 2. The molecule has 19 heavy (non-hydrogen) atoms. The minimum absolute atomic E-state index is 0.0506. The van der Waals surface area contributed by atoms with Gasteiger partial charge < -0.3 is 10.4 Å². The maximum Gasteiger partial charge on any atom is 0.136 e. The van der Waals surface area contributed by atoms with Crippen molar-refractivity contribution in [3.63, 3.8) is 0 Å². The average molecular weight is 255 g/mol. The average Bonchev–Trinajstić information content (AvgIpc) is 2.84. The van der Waals surface area contributed by atoms with Crippen molar-refractivity contribution in [2.45, 2.75) is 25.4 Å². The largest absolute Gasteiger partial charge is 0.508 e. The summed E-state index contributed by atoms with van der Waals surface area (Å²) < 4.78 is 1.91. The third-order valence-electron chi connectivity index (χ3n) is 3.61. The molecule has 4 nitrogen and oxygen atoms in total. The number of nitrogens with zero attached hydrogens (tertiary/aromatic N) is 2. The topological polar surface area (TPSA) is 50.1 Å². The van der Waals surface area contributed by atoms with E-state index in [4.69, 9.17) is 0 Å². The highest BCUT2D eigenvalue weighted by atomic mass is 16.3. The zero-order valence-corrected chi connectivity index (χ0v) is 10.9. The van der Waals surface area contributed by atoms with Crippen molar-refractivity contribution in [3.8, 4) is 0 Å². The van der Waals surface area contributed by atoms with Crippen LogP contribution >= 0.6 is 0 Å². The Bertz CT molecular complexity index is 603. The Balaban J connectivity index is 1.99. The Hall–Kier alpha value is -2.23. The molecule has 1 aliphatic rings. The minimum atomic E-state index is 0.0506. The highest BCUT2D eigenvalue weighted by Crippen LogP contribution is 2.37. The maximum atomic E-state index is 9.62. The molecular formula is C15H17N3O. The van der Waals surface area contributed by atoms with Gasteiger partial charge in [-0.3, -0.25) is 0 Å². The summed E-state index contributed by atoms with van der Waals surface area (Å²) >= 11 is 0. The molecule has 0 radical (unpaired) electrons. The fraction of sp³-hybridized carbons (Fsp3) is 0.267. The van der Waals surface area contributed by atoms with Gasteiger partial charge in [0, 0.05) is 0 Å². The summed E-state index contributed by atoms with van der Waals surface area (Å²) in [5.41, 5.74) is 1.92. The molecular weight excluding hydrogens is 238 g/mol. The Morgan fingerprint density at radius 2 is 2.16 bits per heavy atom. The molecule has 2 atom stereocenters. The standard InChI is InChI=1S/C15H17N3O/c1-10-8-14(12-6-4-3-5-7-12)17-15-13(11(2)19)9-16-18(10)15/h3-7,9-10,14,17,19H,2,8H2,1H3. The van der Waals surface area contributed by atoms with Crippen molar-refractivity contribution in [1.82, 2.24) is 9.78 Å². The van der Waals surface area contributed by atoms with Gasteiger partial charge in [0.25, 0.3) is 0 Å². The molecule has 2 aromatic rings. The predicted octanol–water partition coefficient (Wildman–Crippen LogP) is 3.53. The number of nitrogens with one attached hydrogen (secondary N) is 1. The second kappa shape index (κ2) is 4.46. The van der Waals surface area contributed by atoms with Gasteiger partial charge in [0.15, 0.2) is 0 Å². The number of aliphatic hydroxyl groups excluding tert-OH is 1. The fourth-order valence-corrected chi connectivity index (χ4v) is 2.62. The van der Waals surface area contributed by atoms with E-state index in [-0.39, 0.29) is 17.8 Å². The van der Waals surface area contributed by atoms with E-state index in [1.54, 1.807) is 6.20 Å². The van der Waals surface area contributed by atoms with Crippen LogP contribution < -0.4 is 5.32 Å². The van der Waals surface area contributed by atoms with E-state index < -0.39 is 0 Å². The Labute approximate surface area is 112 Å². The summed E-state index contributed by atoms with van der Waals surface area (Å²) in [6.07, 6.45) is 2.63. The highest BCUT2D eigenvalue weighted by Gasteiger charge is 2.27. The lowest BCUT2D eigenvalue weighted by Crippen LogP contribution is -2.25. The Morgan fingerprint density at radius 1 is 1.42 bits per heavy atom. The van der Waals surface area contributed by atoms with E-state index in [1.807, 2.05) is 22.9 Å². The van der Waals surface area contributed by atoms with Crippen LogP contribution in [0.15, 0.2) is 43.1 Å². The van der Waals surface area contributed by atoms with Crippen LogP contribution in [0.5, 0.6) is 0 Å². The van der Waals surface area contributed by atoms with Crippen LogP contribution in [-0.4, -0.2) is 14.9 Å². The number of aliphatic hydroxyl groups is 1. The molecule has 2 N–H and O–H groups in total. The lowest BCUT2D eigenvalue weighted by atomic mass is 9.98. The van der Waals surface area contributed by atoms with Crippen LogP contribution in [0.3, 0.4) is 0 Å². The molecule has 0 spiro atoms. The van der Waals surface area contributed by atoms with Gasteiger partial charge in [-0.25, -0.2) is 4.68 Å². The van der Waals surface area contributed by atoms with Crippen LogP contribution in [0.4, 0.5) is 5.82 Å². The van der Waals surface area contributed by atoms with Gasteiger partial charge in [0.05, 0.1) is 23.8 Å². The van der Waals surface area contributed by atoms with Crippen molar-refractivity contribution in [3.05, 3.63) is 54.2 Å². The van der Waals surface area contributed by atoms with Gasteiger partial charge in [0.1, 0.15) is 11.6 Å². The van der Waals surface area contributed by atoms with E-state index in [0.717, 1.165) is 12.2 Å². The fourth-order valence-electron chi connectivity index (χ4n) is 2.62. The third kappa shape index (κ3) is 1.99. The number of anilines is 1. The lowest BCUT2D eigenvalue weighted by molar-refractivity contribution is 0.407. The van der Waals surface area contributed by atoms with E-state index >= 15 is 0 Å². The van der Waals surface area contributed by atoms with Gasteiger partial charge in [-0.1, -0.05) is 36.9 Å². The normalized spacial score (nSPS) is 21.5. The molecule has 98 valence electrons. The van der Waals surface area contributed by atoms with Crippen LogP contribution in [0.1, 0.15) is 36.6 Å². The Kier molecular flexibility index (Phi) is 2.78. The molecule has 0 amide bonds. The van der Waals surface area contributed by atoms with Gasteiger partial charge >= 0.3 is 0 Å². The first-order valence-electron chi connectivity index (χ1n) is 6.44. The van der Waals surface area contributed by atoms with E-state index in [0.29, 0.717) is 5.56 Å². The van der Waals surface area contributed by atoms with Gasteiger partial charge in [-0.05, 0) is 18.9 Å². The first-order valence-corrected chi connectivity index (χ1v) is 6.44. The van der Waals surface area contributed by atoms with Crippen molar-refractivity contribution < 1.29 is 5.11 Å². The number of hydrogen-bond donors (Lipinski definition) is 2. The van der Waals surface area contributed by atoms with Crippen molar-refractivity contribution >= 4 is 11.6 Å². The van der Waals surface area contributed by atoms with Gasteiger partial charge in [-0.2, -0.15) is 5.10 Å². The number of hydrogen-bond acceptors (Lipinski definition) is 3. The predicted molar refractivity (Wildman–Crippen MR) is 76.0 cm³/mol. The number of rotatable bonds is 2. The molecule has 1 aliphatic heterocycles. The first kappa shape index (κ1) is 11.8. The Morgan fingerprint density at radius 3 is 2.84 bits per heavy atom. The summed E-state index contributed by atoms with van der Waals surface area (Å²) in [7, 11) is 0. The van der Waals surface area contributed by atoms with Crippen LogP contribution in [0, 0.1) is 0 Å². The minimum Gasteiger partial charge on any atom is -0.508 e. The van der Waals surface area contributed by atoms with Gasteiger partial charge in [-0.15, -0.1) is 0 Å². The summed E-state index contributed by atoms with van der Waals surface area (Å²) in [6, 6.07) is 10.8. The van der Waals surface area contributed by atoms with E-state index in [9.17, 15) is 5.11 Å². The lowest BCUT2D eigenvalue weighted by Gasteiger charge is -2.31.